The highest BCUT2D eigenvalue weighted by atomic mass is 19.1. The molecule has 30 heavy (non-hydrogen) atoms. The lowest BCUT2D eigenvalue weighted by atomic mass is 10.1. The van der Waals surface area contributed by atoms with E-state index in [1.165, 1.54) is 13.8 Å². The van der Waals surface area contributed by atoms with Crippen molar-refractivity contribution in [3.63, 3.8) is 0 Å². The number of halogens is 2. The smallest absolute Gasteiger partial charge is 0.325 e. The van der Waals surface area contributed by atoms with Gasteiger partial charge in [0.2, 0.25) is 0 Å². The van der Waals surface area contributed by atoms with Gasteiger partial charge in [-0.2, -0.15) is 0 Å². The lowest BCUT2D eigenvalue weighted by molar-refractivity contribution is -0.862. The van der Waals surface area contributed by atoms with Crippen LogP contribution in [0, 0.1) is 11.6 Å². The summed E-state index contributed by atoms with van der Waals surface area (Å²) in [6.45, 7) is 3.00. The fourth-order valence-corrected chi connectivity index (χ4v) is 3.13. The molecule has 0 spiro atoms. The van der Waals surface area contributed by atoms with Crippen molar-refractivity contribution in [3.8, 4) is 0 Å². The van der Waals surface area contributed by atoms with E-state index in [2.05, 4.69) is 5.32 Å². The van der Waals surface area contributed by atoms with E-state index < -0.39 is 46.0 Å². The average Bonchev–Trinajstić information content (AvgIpc) is 2.66. The average molecular weight is 419 g/mol. The van der Waals surface area contributed by atoms with Gasteiger partial charge in [0.15, 0.2) is 6.04 Å². The molecule has 0 radical (unpaired) electrons. The quantitative estimate of drug-likeness (QED) is 0.645. The zero-order valence-electron chi connectivity index (χ0n) is 17.1. The maximum absolute atomic E-state index is 13.6. The van der Waals surface area contributed by atoms with E-state index in [-0.39, 0.29) is 18.5 Å². The Hall–Kier alpha value is -3.13. The van der Waals surface area contributed by atoms with Crippen LogP contribution in [-0.4, -0.2) is 46.5 Å². The predicted octanol–water partition coefficient (Wildman–Crippen LogP) is 2.66. The molecule has 2 N–H and O–H groups in total. The molecule has 160 valence electrons. The fourth-order valence-electron chi connectivity index (χ4n) is 3.13. The molecule has 0 aliphatic heterocycles. The van der Waals surface area contributed by atoms with E-state index in [9.17, 15) is 23.2 Å². The summed E-state index contributed by atoms with van der Waals surface area (Å²) in [5, 5.41) is 11.4. The molecule has 8 heteroatoms. The van der Waals surface area contributed by atoms with Crippen molar-refractivity contribution < 1.29 is 32.8 Å². The van der Waals surface area contributed by atoms with Crippen molar-refractivity contribution >= 4 is 17.8 Å². The summed E-state index contributed by atoms with van der Waals surface area (Å²) in [7, 11) is 1.56. The van der Waals surface area contributed by atoms with E-state index in [1.54, 1.807) is 31.3 Å². The number of carboxylic acid groups (broad SMARTS) is 1. The van der Waals surface area contributed by atoms with Gasteiger partial charge in [0.25, 0.3) is 5.91 Å². The Morgan fingerprint density at radius 3 is 2.10 bits per heavy atom. The van der Waals surface area contributed by atoms with Crippen LogP contribution in [-0.2, 0) is 27.3 Å². The number of quaternary nitrogens is 1. The molecule has 6 nitrogen and oxygen atoms in total. The molecule has 0 bridgehead atoms. The summed E-state index contributed by atoms with van der Waals surface area (Å²) in [4.78, 5) is 37.0. The second kappa shape index (κ2) is 9.58. The Kier molecular flexibility index (Phi) is 7.39. The molecule has 0 saturated carbocycles. The van der Waals surface area contributed by atoms with Crippen molar-refractivity contribution in [2.24, 2.45) is 0 Å². The Labute approximate surface area is 173 Å². The standard InChI is InChI=1S/C22H24F2N2O4/c1-14(22(29)30)25-21(28)15(2)26(3,13-16-7-5-4-6-8-16)20(27)11-17-9-18(23)12-19(24)10-17/h4-10,12,14-15H,11,13H2,1-3H3,(H-,25,28,29,30)/p+1/t14-,15-,26?/m0/s1. The molecule has 0 aromatic heterocycles. The van der Waals surface area contributed by atoms with Gasteiger partial charge in [-0.25, -0.2) is 18.1 Å². The third-order valence-electron chi connectivity index (χ3n) is 5.16. The zero-order valence-corrected chi connectivity index (χ0v) is 17.1. The molecule has 0 fully saturated rings. The number of carboxylic acids is 1. The lowest BCUT2D eigenvalue weighted by Gasteiger charge is -2.37. The number of aliphatic carboxylic acids is 1. The van der Waals surface area contributed by atoms with E-state index in [1.807, 2.05) is 6.07 Å². The highest BCUT2D eigenvalue weighted by Crippen LogP contribution is 2.21. The third-order valence-corrected chi connectivity index (χ3v) is 5.16. The number of likely N-dealkylation sites (N-methyl/N-ethyl adjacent to an activating group) is 1. The Morgan fingerprint density at radius 2 is 1.57 bits per heavy atom. The first-order valence-corrected chi connectivity index (χ1v) is 9.43. The van der Waals surface area contributed by atoms with Crippen molar-refractivity contribution in [1.82, 2.24) is 5.32 Å². The van der Waals surface area contributed by atoms with Crippen LogP contribution in [0.4, 0.5) is 8.78 Å². The number of hydrogen-bond donors (Lipinski definition) is 2. The molecule has 2 rings (SSSR count). The van der Waals surface area contributed by atoms with Crippen LogP contribution < -0.4 is 5.32 Å². The first-order valence-electron chi connectivity index (χ1n) is 9.43. The van der Waals surface area contributed by atoms with Crippen molar-refractivity contribution in [3.05, 3.63) is 71.3 Å². The molecule has 1 unspecified atom stereocenters. The molecule has 0 saturated heterocycles. The van der Waals surface area contributed by atoms with Gasteiger partial charge in [-0.15, -0.1) is 0 Å². The molecular formula is C22H25F2N2O4+. The summed E-state index contributed by atoms with van der Waals surface area (Å²) < 4.78 is 26.7. The first-order chi connectivity index (χ1) is 14.0. The summed E-state index contributed by atoms with van der Waals surface area (Å²) in [5.41, 5.74) is 0.936. The second-order valence-electron chi connectivity index (χ2n) is 7.50. The number of nitrogens with one attached hydrogen (secondary N) is 1. The Bertz CT molecular complexity index is 916. The van der Waals surface area contributed by atoms with Gasteiger partial charge >= 0.3 is 11.9 Å². The van der Waals surface area contributed by atoms with Crippen molar-refractivity contribution in [2.75, 3.05) is 7.05 Å². The molecule has 2 aromatic carbocycles. The SMILES string of the molecule is C[C@H](NC(=O)[C@H](C)[N+](C)(Cc1ccccc1)C(=O)Cc1cc(F)cc(F)c1)C(=O)O. The predicted molar refractivity (Wildman–Crippen MR) is 106 cm³/mol. The van der Waals surface area contributed by atoms with Gasteiger partial charge in [0, 0.05) is 11.6 Å². The molecule has 0 aliphatic carbocycles. The van der Waals surface area contributed by atoms with E-state index in [0.29, 0.717) is 0 Å². The Morgan fingerprint density at radius 1 is 1.00 bits per heavy atom. The van der Waals surface area contributed by atoms with Crippen molar-refractivity contribution in [1.29, 1.82) is 0 Å². The largest absolute Gasteiger partial charge is 0.480 e. The van der Waals surface area contributed by atoms with Crippen LogP contribution in [0.15, 0.2) is 48.5 Å². The maximum Gasteiger partial charge on any atom is 0.325 e. The van der Waals surface area contributed by atoms with Crippen LogP contribution in [0.1, 0.15) is 25.0 Å². The van der Waals surface area contributed by atoms with Gasteiger partial charge in [-0.3, -0.25) is 9.59 Å². The molecular weight excluding hydrogens is 394 g/mol. The van der Waals surface area contributed by atoms with Crippen LogP contribution in [0.25, 0.3) is 0 Å². The van der Waals surface area contributed by atoms with E-state index in [0.717, 1.165) is 23.8 Å². The van der Waals surface area contributed by atoms with Crippen LogP contribution >= 0.6 is 0 Å². The highest BCUT2D eigenvalue weighted by molar-refractivity contribution is 5.87. The lowest BCUT2D eigenvalue weighted by Crippen LogP contribution is -2.61. The minimum absolute atomic E-state index is 0.146. The van der Waals surface area contributed by atoms with Crippen molar-refractivity contribution in [2.45, 2.75) is 38.9 Å². The number of rotatable bonds is 8. The Balaban J connectivity index is 2.35. The number of benzene rings is 2. The minimum Gasteiger partial charge on any atom is -0.480 e. The van der Waals surface area contributed by atoms with E-state index in [4.69, 9.17) is 5.11 Å². The molecule has 2 amide bonds. The summed E-state index contributed by atoms with van der Waals surface area (Å²) in [6.07, 6.45) is -0.288. The van der Waals surface area contributed by atoms with Crippen LogP contribution in [0.5, 0.6) is 0 Å². The van der Waals surface area contributed by atoms with Gasteiger partial charge < -0.3 is 10.4 Å². The number of amides is 2. The fraction of sp³-hybridized carbons (Fsp3) is 0.318. The van der Waals surface area contributed by atoms with Gasteiger partial charge in [0.05, 0.1) is 13.5 Å². The number of carbonyl (C=O) groups is 3. The maximum atomic E-state index is 13.6. The summed E-state index contributed by atoms with van der Waals surface area (Å²) >= 11 is 0. The van der Waals surface area contributed by atoms with Gasteiger partial charge in [-0.05, 0) is 31.5 Å². The zero-order chi connectivity index (χ0) is 22.5. The number of carbonyl (C=O) groups excluding carboxylic acids is 2. The van der Waals surface area contributed by atoms with Gasteiger partial charge in [0.1, 0.15) is 24.2 Å². The van der Waals surface area contributed by atoms with Gasteiger partial charge in [-0.1, -0.05) is 30.3 Å². The summed E-state index contributed by atoms with van der Waals surface area (Å²) in [5.74, 6) is -3.83. The topological polar surface area (TPSA) is 83.5 Å². The number of hydrogen-bond acceptors (Lipinski definition) is 3. The number of nitrogens with zero attached hydrogens (tertiary/aromatic N) is 1. The van der Waals surface area contributed by atoms with E-state index >= 15 is 0 Å². The normalized spacial score (nSPS) is 15.0. The minimum atomic E-state index is -1.20. The van der Waals surface area contributed by atoms with Crippen LogP contribution in [0.2, 0.25) is 0 Å². The molecule has 2 aromatic rings. The second-order valence-corrected chi connectivity index (χ2v) is 7.50. The third kappa shape index (κ3) is 5.70. The molecule has 0 aliphatic rings. The molecule has 0 heterocycles. The first kappa shape index (κ1) is 23.2. The van der Waals surface area contributed by atoms with Crippen LogP contribution in [0.3, 0.4) is 0 Å². The highest BCUT2D eigenvalue weighted by Gasteiger charge is 2.42. The molecule has 3 atom stereocenters. The summed E-state index contributed by atoms with van der Waals surface area (Å²) in [6, 6.07) is 9.80. The monoisotopic (exact) mass is 419 g/mol.